The van der Waals surface area contributed by atoms with Crippen LogP contribution in [0.5, 0.6) is 0 Å². The highest BCUT2D eigenvalue weighted by Crippen LogP contribution is 2.17. The Morgan fingerprint density at radius 3 is 1.69 bits per heavy atom. The lowest BCUT2D eigenvalue weighted by molar-refractivity contribution is 0.306. The first kappa shape index (κ1) is 23.2. The van der Waals surface area contributed by atoms with E-state index in [0.29, 0.717) is 0 Å². The van der Waals surface area contributed by atoms with Crippen molar-refractivity contribution in [2.24, 2.45) is 0 Å². The number of benzene rings is 1. The molecule has 0 amide bonds. The molecule has 1 aromatic carbocycles. The lowest BCUT2D eigenvalue weighted by Gasteiger charge is -2.08. The molecule has 0 heterocycles. The Hall–Kier alpha value is -0.870. The summed E-state index contributed by atoms with van der Waals surface area (Å²) in [7, 11) is -3.61. The van der Waals surface area contributed by atoms with Crippen molar-refractivity contribution >= 4 is 10.1 Å². The molecule has 3 nitrogen and oxygen atoms in total. The average molecular weight is 383 g/mol. The van der Waals surface area contributed by atoms with Gasteiger partial charge < -0.3 is 0 Å². The predicted molar refractivity (Wildman–Crippen MR) is 110 cm³/mol. The summed E-state index contributed by atoms with van der Waals surface area (Å²) in [5, 5.41) is 0. The molecule has 0 atom stereocenters. The van der Waals surface area contributed by atoms with E-state index in [-0.39, 0.29) is 11.5 Å². The number of hydrogen-bond acceptors (Lipinski definition) is 3. The Morgan fingerprint density at radius 2 is 1.19 bits per heavy atom. The normalized spacial score (nSPS) is 11.8. The van der Waals surface area contributed by atoms with E-state index in [1.165, 1.54) is 70.6 Å². The second-order valence-electron chi connectivity index (χ2n) is 7.28. The first-order chi connectivity index (χ1) is 12.6. The lowest BCUT2D eigenvalue weighted by Crippen LogP contribution is -2.09. The molecule has 0 aliphatic heterocycles. The van der Waals surface area contributed by atoms with E-state index in [2.05, 4.69) is 6.92 Å². The monoisotopic (exact) mass is 382 g/mol. The molecule has 0 bridgehead atoms. The summed E-state index contributed by atoms with van der Waals surface area (Å²) < 4.78 is 29.5. The van der Waals surface area contributed by atoms with Crippen LogP contribution in [0.1, 0.15) is 96.0 Å². The quantitative estimate of drug-likeness (QED) is 0.233. The van der Waals surface area contributed by atoms with Crippen LogP contribution in [0.4, 0.5) is 0 Å². The fourth-order valence-corrected chi connectivity index (χ4v) is 4.36. The minimum Gasteiger partial charge on any atom is -0.266 e. The number of rotatable bonds is 16. The van der Waals surface area contributed by atoms with Crippen molar-refractivity contribution in [3.8, 4) is 0 Å². The Kier molecular flexibility index (Phi) is 12.7. The third-order valence-electron chi connectivity index (χ3n) is 4.85. The highest BCUT2D eigenvalue weighted by atomic mass is 32.2. The zero-order chi connectivity index (χ0) is 19.1. The molecule has 150 valence electrons. The van der Waals surface area contributed by atoms with Crippen LogP contribution in [0.3, 0.4) is 0 Å². The van der Waals surface area contributed by atoms with Crippen LogP contribution in [0.2, 0.25) is 0 Å². The van der Waals surface area contributed by atoms with E-state index in [9.17, 15) is 8.42 Å². The van der Waals surface area contributed by atoms with Gasteiger partial charge in [-0.05, 0) is 25.0 Å². The third-order valence-corrected chi connectivity index (χ3v) is 6.32. The summed E-state index contributed by atoms with van der Waals surface area (Å²) in [4.78, 5) is 0.287. The largest absolute Gasteiger partial charge is 0.297 e. The lowest BCUT2D eigenvalue weighted by atomic mass is 10.0. The molecule has 0 N–H and O–H groups in total. The van der Waals surface area contributed by atoms with E-state index < -0.39 is 10.1 Å². The zero-order valence-corrected chi connectivity index (χ0v) is 17.7. The molecule has 0 aromatic heterocycles. The molecule has 0 fully saturated rings. The second kappa shape index (κ2) is 14.2. The Labute approximate surface area is 161 Å². The average Bonchev–Trinajstić information content (AvgIpc) is 2.62. The topological polar surface area (TPSA) is 43.4 Å². The van der Waals surface area contributed by atoms with Crippen molar-refractivity contribution in [2.75, 3.05) is 6.61 Å². The fraction of sp³-hybridized carbons (Fsp3) is 0.727. The van der Waals surface area contributed by atoms with Crippen LogP contribution in [-0.2, 0) is 14.3 Å². The van der Waals surface area contributed by atoms with Crippen molar-refractivity contribution in [1.29, 1.82) is 0 Å². The summed E-state index contributed by atoms with van der Waals surface area (Å²) >= 11 is 0. The SMILES string of the molecule is CCCCCCCCCCCCCCCOS(=O)(=O)c1ccccc1C. The maximum Gasteiger partial charge on any atom is 0.297 e. The number of hydrogen-bond donors (Lipinski definition) is 0. The molecule has 0 spiro atoms. The van der Waals surface area contributed by atoms with E-state index in [0.717, 1.165) is 18.4 Å². The van der Waals surface area contributed by atoms with E-state index in [1.54, 1.807) is 25.1 Å². The van der Waals surface area contributed by atoms with Gasteiger partial charge in [-0.25, -0.2) is 0 Å². The van der Waals surface area contributed by atoms with E-state index in [4.69, 9.17) is 4.18 Å². The number of unbranched alkanes of at least 4 members (excludes halogenated alkanes) is 12. The van der Waals surface area contributed by atoms with Crippen LogP contribution < -0.4 is 0 Å². The van der Waals surface area contributed by atoms with Gasteiger partial charge in [0.05, 0.1) is 11.5 Å². The third kappa shape index (κ3) is 10.3. The van der Waals surface area contributed by atoms with E-state index in [1.807, 2.05) is 6.07 Å². The molecule has 0 unspecified atom stereocenters. The molecule has 0 radical (unpaired) electrons. The summed E-state index contributed by atoms with van der Waals surface area (Å²) in [6, 6.07) is 6.96. The second-order valence-corrected chi connectivity index (χ2v) is 8.87. The minimum absolute atomic E-state index is 0.286. The number of aryl methyl sites for hydroxylation is 1. The molecule has 0 aliphatic carbocycles. The van der Waals surface area contributed by atoms with Crippen LogP contribution in [0, 0.1) is 6.92 Å². The van der Waals surface area contributed by atoms with E-state index >= 15 is 0 Å². The van der Waals surface area contributed by atoms with Crippen molar-refractivity contribution in [3.05, 3.63) is 29.8 Å². The molecular weight excluding hydrogens is 344 g/mol. The van der Waals surface area contributed by atoms with Gasteiger partial charge >= 0.3 is 0 Å². The first-order valence-corrected chi connectivity index (χ1v) is 11.9. The van der Waals surface area contributed by atoms with Crippen molar-refractivity contribution in [3.63, 3.8) is 0 Å². The van der Waals surface area contributed by atoms with Crippen LogP contribution >= 0.6 is 0 Å². The molecule has 1 rings (SSSR count). The molecule has 0 saturated heterocycles. The van der Waals surface area contributed by atoms with Gasteiger partial charge in [-0.1, -0.05) is 102 Å². The van der Waals surface area contributed by atoms with Crippen molar-refractivity contribution in [2.45, 2.75) is 102 Å². The summed E-state index contributed by atoms with van der Waals surface area (Å²) in [5.41, 5.74) is 0.734. The van der Waals surface area contributed by atoms with Crippen LogP contribution in [0.15, 0.2) is 29.2 Å². The van der Waals surface area contributed by atoms with Crippen molar-refractivity contribution < 1.29 is 12.6 Å². The highest BCUT2D eigenvalue weighted by Gasteiger charge is 2.16. The Balaban J connectivity index is 1.96. The van der Waals surface area contributed by atoms with Gasteiger partial charge in [-0.3, -0.25) is 4.18 Å². The van der Waals surface area contributed by atoms with Gasteiger partial charge in [0, 0.05) is 0 Å². The Bertz CT molecular complexity index is 567. The summed E-state index contributed by atoms with van der Waals surface area (Å²) in [6.07, 6.45) is 16.6. The van der Waals surface area contributed by atoms with Gasteiger partial charge in [-0.15, -0.1) is 0 Å². The first-order valence-electron chi connectivity index (χ1n) is 10.5. The maximum absolute atomic E-state index is 12.1. The molecule has 4 heteroatoms. The molecule has 0 saturated carbocycles. The zero-order valence-electron chi connectivity index (χ0n) is 16.8. The molecule has 1 aromatic rings. The van der Waals surface area contributed by atoms with Crippen LogP contribution in [-0.4, -0.2) is 15.0 Å². The predicted octanol–water partition coefficient (Wildman–Crippen LogP) is 6.79. The fourth-order valence-electron chi connectivity index (χ4n) is 3.19. The maximum atomic E-state index is 12.1. The van der Waals surface area contributed by atoms with Crippen LogP contribution in [0.25, 0.3) is 0 Å². The minimum atomic E-state index is -3.61. The van der Waals surface area contributed by atoms with Gasteiger partial charge in [-0.2, -0.15) is 8.42 Å². The standard InChI is InChI=1S/C22H38O3S/c1-3-4-5-6-7-8-9-10-11-12-13-14-17-20-25-26(23,24)22-19-16-15-18-21(22)2/h15-16,18-19H,3-14,17,20H2,1-2H3. The molecule has 26 heavy (non-hydrogen) atoms. The molecular formula is C22H38O3S. The smallest absolute Gasteiger partial charge is 0.266 e. The van der Waals surface area contributed by atoms with Gasteiger partial charge in [0.2, 0.25) is 0 Å². The highest BCUT2D eigenvalue weighted by molar-refractivity contribution is 7.86. The van der Waals surface area contributed by atoms with Gasteiger partial charge in [0.15, 0.2) is 0 Å². The van der Waals surface area contributed by atoms with Gasteiger partial charge in [0.1, 0.15) is 0 Å². The van der Waals surface area contributed by atoms with Gasteiger partial charge in [0.25, 0.3) is 10.1 Å². The Morgan fingerprint density at radius 1 is 0.731 bits per heavy atom. The van der Waals surface area contributed by atoms with Crippen molar-refractivity contribution in [1.82, 2.24) is 0 Å². The summed E-state index contributed by atoms with van der Waals surface area (Å²) in [6.45, 7) is 4.34. The molecule has 0 aliphatic rings. The summed E-state index contributed by atoms with van der Waals surface area (Å²) in [5.74, 6) is 0.